The maximum absolute atomic E-state index is 12.2. The van der Waals surface area contributed by atoms with Gasteiger partial charge in [0.25, 0.3) is 0 Å². The molecule has 0 saturated carbocycles. The smallest absolute Gasteiger partial charge is 0.324 e. The molecular weight excluding hydrogens is 334 g/mol. The summed E-state index contributed by atoms with van der Waals surface area (Å²) in [7, 11) is -2.54. The minimum atomic E-state index is -3.76. The number of methoxy groups -OCH3 is 1. The van der Waals surface area contributed by atoms with Gasteiger partial charge in [-0.05, 0) is 24.1 Å². The van der Waals surface area contributed by atoms with Gasteiger partial charge < -0.3 is 4.74 Å². The average Bonchev–Trinajstić information content (AvgIpc) is 2.35. The Morgan fingerprint density at radius 3 is 2.47 bits per heavy atom. The van der Waals surface area contributed by atoms with E-state index in [0.29, 0.717) is 4.47 Å². The fourth-order valence-electron chi connectivity index (χ4n) is 1.45. The molecule has 1 rings (SSSR count). The number of carbonyl (C=O) groups excluding carboxylic acids is 1. The van der Waals surface area contributed by atoms with Crippen molar-refractivity contribution in [3.8, 4) is 0 Å². The van der Waals surface area contributed by atoms with Gasteiger partial charge in [-0.25, -0.2) is 8.42 Å². The number of sulfonamides is 1. The Morgan fingerprint density at radius 1 is 1.37 bits per heavy atom. The monoisotopic (exact) mass is 349 g/mol. The SMILES string of the molecule is COC(=O)C(NS(=O)(=O)c1cccc(Br)c1)C(C)C. The molecule has 0 bridgehead atoms. The molecule has 0 aliphatic carbocycles. The fraction of sp³-hybridized carbons (Fsp3) is 0.417. The summed E-state index contributed by atoms with van der Waals surface area (Å²) in [5, 5.41) is 0. The quantitative estimate of drug-likeness (QED) is 0.824. The topological polar surface area (TPSA) is 72.5 Å². The normalized spacial score (nSPS) is 13.3. The van der Waals surface area contributed by atoms with Gasteiger partial charge >= 0.3 is 5.97 Å². The number of benzene rings is 1. The van der Waals surface area contributed by atoms with Crippen LogP contribution in [0.2, 0.25) is 0 Å². The zero-order chi connectivity index (χ0) is 14.6. The minimum absolute atomic E-state index is 0.0939. The van der Waals surface area contributed by atoms with Gasteiger partial charge in [0, 0.05) is 4.47 Å². The number of ether oxygens (including phenoxy) is 1. The number of nitrogens with one attached hydrogen (secondary N) is 1. The van der Waals surface area contributed by atoms with Gasteiger partial charge in [0.05, 0.1) is 12.0 Å². The molecule has 1 N–H and O–H groups in total. The second kappa shape index (κ2) is 6.49. The summed E-state index contributed by atoms with van der Waals surface area (Å²) in [6.45, 7) is 3.48. The molecule has 0 aliphatic heterocycles. The highest BCUT2D eigenvalue weighted by Gasteiger charge is 2.29. The van der Waals surface area contributed by atoms with Crippen LogP contribution in [0.15, 0.2) is 33.6 Å². The Kier molecular flexibility index (Phi) is 5.51. The predicted octanol–water partition coefficient (Wildman–Crippen LogP) is 1.92. The molecule has 0 aliphatic rings. The lowest BCUT2D eigenvalue weighted by Crippen LogP contribution is -2.44. The lowest BCUT2D eigenvalue weighted by molar-refractivity contribution is -0.143. The van der Waals surface area contributed by atoms with Crippen LogP contribution >= 0.6 is 15.9 Å². The summed E-state index contributed by atoms with van der Waals surface area (Å²) in [5.74, 6) is -0.817. The minimum Gasteiger partial charge on any atom is -0.468 e. The first-order valence-electron chi connectivity index (χ1n) is 5.63. The second-order valence-electron chi connectivity index (χ2n) is 4.32. The average molecular weight is 350 g/mol. The highest BCUT2D eigenvalue weighted by Crippen LogP contribution is 2.17. The molecule has 1 aromatic carbocycles. The third-order valence-electron chi connectivity index (χ3n) is 2.51. The predicted molar refractivity (Wildman–Crippen MR) is 75.1 cm³/mol. The molecule has 5 nitrogen and oxygen atoms in total. The first kappa shape index (κ1) is 16.1. The maximum Gasteiger partial charge on any atom is 0.324 e. The molecule has 0 radical (unpaired) electrons. The van der Waals surface area contributed by atoms with E-state index in [1.807, 2.05) is 0 Å². The summed E-state index contributed by atoms with van der Waals surface area (Å²) in [6, 6.07) is 5.35. The molecule has 0 fully saturated rings. The van der Waals surface area contributed by atoms with Crippen LogP contribution < -0.4 is 4.72 Å². The molecule has 0 saturated heterocycles. The van der Waals surface area contributed by atoms with Crippen molar-refractivity contribution in [3.63, 3.8) is 0 Å². The molecule has 7 heteroatoms. The number of esters is 1. The van der Waals surface area contributed by atoms with Crippen LogP contribution in [-0.2, 0) is 19.6 Å². The summed E-state index contributed by atoms with van der Waals surface area (Å²) in [4.78, 5) is 11.7. The summed E-state index contributed by atoms with van der Waals surface area (Å²) in [5.41, 5.74) is 0. The Labute approximate surface area is 121 Å². The number of hydrogen-bond donors (Lipinski definition) is 1. The van der Waals surface area contributed by atoms with Gasteiger partial charge in [0.1, 0.15) is 6.04 Å². The Balaban J connectivity index is 3.04. The van der Waals surface area contributed by atoms with Crippen LogP contribution in [-0.4, -0.2) is 27.5 Å². The van der Waals surface area contributed by atoms with Crippen LogP contribution in [0.3, 0.4) is 0 Å². The fourth-order valence-corrected chi connectivity index (χ4v) is 3.38. The molecule has 0 spiro atoms. The first-order valence-corrected chi connectivity index (χ1v) is 7.91. The molecule has 19 heavy (non-hydrogen) atoms. The van der Waals surface area contributed by atoms with E-state index < -0.39 is 22.0 Å². The second-order valence-corrected chi connectivity index (χ2v) is 6.95. The van der Waals surface area contributed by atoms with Gasteiger partial charge in [0.2, 0.25) is 10.0 Å². The van der Waals surface area contributed by atoms with Crippen LogP contribution in [0.5, 0.6) is 0 Å². The molecule has 0 amide bonds. The largest absolute Gasteiger partial charge is 0.468 e. The highest BCUT2D eigenvalue weighted by molar-refractivity contribution is 9.10. The van der Waals surface area contributed by atoms with E-state index in [2.05, 4.69) is 25.4 Å². The maximum atomic E-state index is 12.2. The number of halogens is 1. The Bertz CT molecular complexity index is 557. The number of rotatable bonds is 5. The molecule has 0 heterocycles. The summed E-state index contributed by atoms with van der Waals surface area (Å²) in [6.07, 6.45) is 0. The van der Waals surface area contributed by atoms with Crippen molar-refractivity contribution >= 4 is 31.9 Å². The van der Waals surface area contributed by atoms with E-state index in [1.165, 1.54) is 19.2 Å². The molecule has 106 valence electrons. The van der Waals surface area contributed by atoms with Crippen molar-refractivity contribution in [3.05, 3.63) is 28.7 Å². The lowest BCUT2D eigenvalue weighted by atomic mass is 10.1. The van der Waals surface area contributed by atoms with E-state index in [-0.39, 0.29) is 10.8 Å². The molecule has 0 aromatic heterocycles. The van der Waals surface area contributed by atoms with Crippen molar-refractivity contribution < 1.29 is 17.9 Å². The first-order chi connectivity index (χ1) is 8.77. The van der Waals surface area contributed by atoms with Crippen LogP contribution in [0.1, 0.15) is 13.8 Å². The van der Waals surface area contributed by atoms with Gasteiger partial charge in [-0.2, -0.15) is 4.72 Å². The third-order valence-corrected chi connectivity index (χ3v) is 4.44. The lowest BCUT2D eigenvalue weighted by Gasteiger charge is -2.19. The zero-order valence-corrected chi connectivity index (χ0v) is 13.3. The van der Waals surface area contributed by atoms with Gasteiger partial charge in [-0.3, -0.25) is 4.79 Å². The molecule has 1 atom stereocenters. The molecule has 1 aromatic rings. The standard InChI is InChI=1S/C12H16BrNO4S/c1-8(2)11(12(15)18-3)14-19(16,17)10-6-4-5-9(13)7-10/h4-8,11,14H,1-3H3. The highest BCUT2D eigenvalue weighted by atomic mass is 79.9. The number of carbonyl (C=O) groups is 1. The van der Waals surface area contributed by atoms with Crippen LogP contribution in [0, 0.1) is 5.92 Å². The van der Waals surface area contributed by atoms with Crippen molar-refractivity contribution in [2.24, 2.45) is 5.92 Å². The molecular formula is C12H16BrNO4S. The van der Waals surface area contributed by atoms with Crippen molar-refractivity contribution in [1.29, 1.82) is 0 Å². The van der Waals surface area contributed by atoms with E-state index in [4.69, 9.17) is 0 Å². The number of hydrogen-bond acceptors (Lipinski definition) is 4. The van der Waals surface area contributed by atoms with E-state index >= 15 is 0 Å². The van der Waals surface area contributed by atoms with Gasteiger partial charge in [0.15, 0.2) is 0 Å². The summed E-state index contributed by atoms with van der Waals surface area (Å²) < 4.78 is 32.0. The van der Waals surface area contributed by atoms with E-state index in [0.717, 1.165) is 0 Å². The summed E-state index contributed by atoms with van der Waals surface area (Å²) >= 11 is 3.21. The zero-order valence-electron chi connectivity index (χ0n) is 10.9. The van der Waals surface area contributed by atoms with Gasteiger partial charge in [-0.1, -0.05) is 35.8 Å². The Hall–Kier alpha value is -0.920. The Morgan fingerprint density at radius 2 is 2.00 bits per heavy atom. The van der Waals surface area contributed by atoms with Crippen molar-refractivity contribution in [2.75, 3.05) is 7.11 Å². The van der Waals surface area contributed by atoms with Crippen LogP contribution in [0.25, 0.3) is 0 Å². The van der Waals surface area contributed by atoms with Crippen molar-refractivity contribution in [1.82, 2.24) is 4.72 Å². The van der Waals surface area contributed by atoms with E-state index in [9.17, 15) is 13.2 Å². The van der Waals surface area contributed by atoms with Gasteiger partial charge in [-0.15, -0.1) is 0 Å². The van der Waals surface area contributed by atoms with Crippen LogP contribution in [0.4, 0.5) is 0 Å². The third kappa shape index (κ3) is 4.29. The van der Waals surface area contributed by atoms with Crippen molar-refractivity contribution in [2.45, 2.75) is 24.8 Å². The van der Waals surface area contributed by atoms with E-state index in [1.54, 1.807) is 26.0 Å². The molecule has 1 unspecified atom stereocenters.